The van der Waals surface area contributed by atoms with Crippen molar-refractivity contribution in [2.24, 2.45) is 0 Å². The second-order valence-corrected chi connectivity index (χ2v) is 5.24. The first kappa shape index (κ1) is 16.0. The summed E-state index contributed by atoms with van der Waals surface area (Å²) in [5, 5.41) is 9.80. The summed E-state index contributed by atoms with van der Waals surface area (Å²) in [7, 11) is 0. The lowest BCUT2D eigenvalue weighted by Gasteiger charge is -2.35. The number of nitrogens with zero attached hydrogens (tertiary/aromatic N) is 1. The predicted molar refractivity (Wildman–Crippen MR) is 78.6 cm³/mol. The van der Waals surface area contributed by atoms with Gasteiger partial charge in [-0.3, -0.25) is 9.69 Å². The third kappa shape index (κ3) is 4.51. The number of hydrogen-bond donors (Lipinski definition) is 1. The lowest BCUT2D eigenvalue weighted by atomic mass is 10.0. The van der Waals surface area contributed by atoms with Gasteiger partial charge < -0.3 is 5.11 Å². The molecule has 2 atom stereocenters. The third-order valence-corrected chi connectivity index (χ3v) is 3.73. The zero-order valence-corrected chi connectivity index (χ0v) is 12.5. The Morgan fingerprint density at radius 3 is 2.53 bits per heavy atom. The van der Waals surface area contributed by atoms with E-state index >= 15 is 0 Å². The number of rotatable bonds is 7. The molecule has 0 aliphatic rings. The SMILES string of the molecule is CCC(C)N(CC(=O)O)C(CC)c1cccc(Cl)c1. The largest absolute Gasteiger partial charge is 0.480 e. The number of hydrogen-bond acceptors (Lipinski definition) is 2. The molecule has 1 aromatic rings. The molecule has 1 rings (SSSR count). The Bertz CT molecular complexity index is 422. The molecule has 0 bridgehead atoms. The molecule has 0 aliphatic carbocycles. The molecule has 19 heavy (non-hydrogen) atoms. The fraction of sp³-hybridized carbons (Fsp3) is 0.533. The van der Waals surface area contributed by atoms with Crippen molar-refractivity contribution < 1.29 is 9.90 Å². The molecule has 4 heteroatoms. The van der Waals surface area contributed by atoms with Gasteiger partial charge in [-0.05, 0) is 37.5 Å². The molecule has 0 fully saturated rings. The number of aliphatic carboxylic acids is 1. The Labute approximate surface area is 120 Å². The quantitative estimate of drug-likeness (QED) is 0.823. The van der Waals surface area contributed by atoms with Crippen molar-refractivity contribution in [1.29, 1.82) is 0 Å². The summed E-state index contributed by atoms with van der Waals surface area (Å²) in [6, 6.07) is 7.99. The molecule has 2 unspecified atom stereocenters. The zero-order valence-electron chi connectivity index (χ0n) is 11.8. The van der Waals surface area contributed by atoms with Gasteiger partial charge >= 0.3 is 5.97 Å². The molecule has 1 aromatic carbocycles. The van der Waals surface area contributed by atoms with E-state index in [-0.39, 0.29) is 18.6 Å². The van der Waals surface area contributed by atoms with E-state index in [1.54, 1.807) is 0 Å². The van der Waals surface area contributed by atoms with Gasteiger partial charge in [-0.1, -0.05) is 37.6 Å². The van der Waals surface area contributed by atoms with E-state index in [4.69, 9.17) is 16.7 Å². The minimum atomic E-state index is -0.791. The van der Waals surface area contributed by atoms with Crippen molar-refractivity contribution in [3.05, 3.63) is 34.9 Å². The van der Waals surface area contributed by atoms with Crippen LogP contribution in [0.25, 0.3) is 0 Å². The van der Waals surface area contributed by atoms with Gasteiger partial charge in [0.2, 0.25) is 0 Å². The monoisotopic (exact) mass is 283 g/mol. The molecule has 106 valence electrons. The normalized spacial score (nSPS) is 14.4. The Hall–Kier alpha value is -1.06. The summed E-state index contributed by atoms with van der Waals surface area (Å²) in [6.45, 7) is 6.27. The van der Waals surface area contributed by atoms with Gasteiger partial charge in [-0.2, -0.15) is 0 Å². The van der Waals surface area contributed by atoms with Crippen molar-refractivity contribution in [3.63, 3.8) is 0 Å². The van der Waals surface area contributed by atoms with Crippen LogP contribution in [0.1, 0.15) is 45.2 Å². The average Bonchev–Trinajstić information content (AvgIpc) is 2.37. The zero-order chi connectivity index (χ0) is 14.4. The lowest BCUT2D eigenvalue weighted by Crippen LogP contribution is -2.39. The van der Waals surface area contributed by atoms with Crippen LogP contribution < -0.4 is 0 Å². The van der Waals surface area contributed by atoms with Crippen LogP contribution in [-0.4, -0.2) is 28.6 Å². The van der Waals surface area contributed by atoms with Crippen LogP contribution in [-0.2, 0) is 4.79 Å². The maximum absolute atomic E-state index is 11.1. The average molecular weight is 284 g/mol. The minimum absolute atomic E-state index is 0.0556. The van der Waals surface area contributed by atoms with Gasteiger partial charge in [0.05, 0.1) is 6.54 Å². The molecule has 0 heterocycles. The fourth-order valence-electron chi connectivity index (χ4n) is 2.34. The Kier molecular flexibility index (Phi) is 6.32. The first-order valence-corrected chi connectivity index (χ1v) is 7.10. The van der Waals surface area contributed by atoms with Crippen LogP contribution >= 0.6 is 11.6 Å². The summed E-state index contributed by atoms with van der Waals surface area (Å²) in [5.74, 6) is -0.791. The summed E-state index contributed by atoms with van der Waals surface area (Å²) < 4.78 is 0. The first-order valence-electron chi connectivity index (χ1n) is 6.72. The fourth-order valence-corrected chi connectivity index (χ4v) is 2.54. The van der Waals surface area contributed by atoms with Gasteiger partial charge in [0.25, 0.3) is 0 Å². The second-order valence-electron chi connectivity index (χ2n) is 4.80. The standard InChI is InChI=1S/C15H22ClNO2/c1-4-11(3)17(10-15(18)19)14(5-2)12-7-6-8-13(16)9-12/h6-9,11,14H,4-5,10H2,1-3H3,(H,18,19). The number of carboxylic acid groups (broad SMARTS) is 1. The van der Waals surface area contributed by atoms with E-state index in [1.807, 2.05) is 29.2 Å². The molecule has 0 spiro atoms. The summed E-state index contributed by atoms with van der Waals surface area (Å²) in [6.07, 6.45) is 1.78. The van der Waals surface area contributed by atoms with Crippen molar-refractivity contribution >= 4 is 17.6 Å². The van der Waals surface area contributed by atoms with Gasteiger partial charge in [-0.25, -0.2) is 0 Å². The maximum Gasteiger partial charge on any atom is 0.317 e. The highest BCUT2D eigenvalue weighted by molar-refractivity contribution is 6.30. The third-order valence-electron chi connectivity index (χ3n) is 3.50. The molecule has 0 aliphatic heterocycles. The Morgan fingerprint density at radius 2 is 2.05 bits per heavy atom. The first-order chi connectivity index (χ1) is 8.99. The molecule has 0 amide bonds. The molecular formula is C15H22ClNO2. The highest BCUT2D eigenvalue weighted by atomic mass is 35.5. The van der Waals surface area contributed by atoms with E-state index < -0.39 is 5.97 Å². The van der Waals surface area contributed by atoms with Crippen LogP contribution in [0, 0.1) is 0 Å². The van der Waals surface area contributed by atoms with Gasteiger partial charge in [-0.15, -0.1) is 0 Å². The van der Waals surface area contributed by atoms with E-state index in [2.05, 4.69) is 20.8 Å². The van der Waals surface area contributed by atoms with Crippen LogP contribution in [0.15, 0.2) is 24.3 Å². The second kappa shape index (κ2) is 7.51. The summed E-state index contributed by atoms with van der Waals surface area (Å²) >= 11 is 6.03. The Balaban J connectivity index is 3.04. The smallest absolute Gasteiger partial charge is 0.317 e. The van der Waals surface area contributed by atoms with Crippen molar-refractivity contribution in [1.82, 2.24) is 4.90 Å². The van der Waals surface area contributed by atoms with Gasteiger partial charge in [0, 0.05) is 17.1 Å². The van der Waals surface area contributed by atoms with Crippen LogP contribution in [0.5, 0.6) is 0 Å². The molecule has 1 N–H and O–H groups in total. The van der Waals surface area contributed by atoms with Crippen LogP contribution in [0.4, 0.5) is 0 Å². The highest BCUT2D eigenvalue weighted by Gasteiger charge is 2.24. The number of carboxylic acids is 1. The molecule has 0 saturated heterocycles. The minimum Gasteiger partial charge on any atom is -0.480 e. The highest BCUT2D eigenvalue weighted by Crippen LogP contribution is 2.28. The molecular weight excluding hydrogens is 262 g/mol. The van der Waals surface area contributed by atoms with E-state index in [0.29, 0.717) is 5.02 Å². The summed E-state index contributed by atoms with van der Waals surface area (Å²) in [5.41, 5.74) is 1.08. The molecule has 0 saturated carbocycles. The van der Waals surface area contributed by atoms with E-state index in [9.17, 15) is 4.79 Å². The van der Waals surface area contributed by atoms with Crippen molar-refractivity contribution in [2.75, 3.05) is 6.54 Å². The van der Waals surface area contributed by atoms with Crippen molar-refractivity contribution in [3.8, 4) is 0 Å². The Morgan fingerprint density at radius 1 is 1.37 bits per heavy atom. The number of benzene rings is 1. The van der Waals surface area contributed by atoms with Crippen molar-refractivity contribution in [2.45, 2.75) is 45.7 Å². The van der Waals surface area contributed by atoms with Gasteiger partial charge in [0.15, 0.2) is 0 Å². The lowest BCUT2D eigenvalue weighted by molar-refractivity contribution is -0.139. The maximum atomic E-state index is 11.1. The molecule has 3 nitrogen and oxygen atoms in total. The predicted octanol–water partition coefficient (Wildman–Crippen LogP) is 3.98. The van der Waals surface area contributed by atoms with Crippen LogP contribution in [0.3, 0.4) is 0 Å². The van der Waals surface area contributed by atoms with E-state index in [1.165, 1.54) is 0 Å². The molecule has 0 aromatic heterocycles. The topological polar surface area (TPSA) is 40.5 Å². The van der Waals surface area contributed by atoms with E-state index in [0.717, 1.165) is 18.4 Å². The summed E-state index contributed by atoms with van der Waals surface area (Å²) in [4.78, 5) is 13.1. The van der Waals surface area contributed by atoms with Crippen LogP contribution in [0.2, 0.25) is 5.02 Å². The molecule has 0 radical (unpaired) electrons. The number of carbonyl (C=O) groups is 1. The number of halogens is 1. The van der Waals surface area contributed by atoms with Gasteiger partial charge in [0.1, 0.15) is 0 Å².